The van der Waals surface area contributed by atoms with Gasteiger partial charge in [-0.25, -0.2) is 4.79 Å². The Morgan fingerprint density at radius 2 is 2.03 bits per heavy atom. The summed E-state index contributed by atoms with van der Waals surface area (Å²) in [5.41, 5.74) is 1.26. The van der Waals surface area contributed by atoms with E-state index in [1.54, 1.807) is 31.4 Å². The lowest BCUT2D eigenvalue weighted by molar-refractivity contribution is -0.111. The van der Waals surface area contributed by atoms with Gasteiger partial charge in [0.15, 0.2) is 0 Å². The van der Waals surface area contributed by atoms with E-state index in [2.05, 4.69) is 22.0 Å². The minimum Gasteiger partial charge on any atom is -0.374 e. The van der Waals surface area contributed by atoms with Gasteiger partial charge in [-0.3, -0.25) is 4.79 Å². The van der Waals surface area contributed by atoms with Crippen LogP contribution in [-0.4, -0.2) is 37.8 Å². The normalized spacial score (nSPS) is 18.0. The van der Waals surface area contributed by atoms with E-state index in [-0.39, 0.29) is 17.8 Å². The molecule has 152 valence electrons. The molecule has 0 bridgehead atoms. The van der Waals surface area contributed by atoms with E-state index in [4.69, 9.17) is 15.4 Å². The summed E-state index contributed by atoms with van der Waals surface area (Å²) in [4.78, 5) is 28.2. The molecule has 2 unspecified atom stereocenters. The van der Waals surface area contributed by atoms with Gasteiger partial charge in [-0.2, -0.15) is 5.90 Å². The first-order valence-corrected chi connectivity index (χ1v) is 9.08. The van der Waals surface area contributed by atoms with Gasteiger partial charge in [0.25, 0.3) is 0 Å². The Hall–Kier alpha value is -3.18. The molecule has 0 saturated carbocycles. The average molecular weight is 396 g/mol. The van der Waals surface area contributed by atoms with Crippen LogP contribution >= 0.6 is 0 Å². The third-order valence-electron chi connectivity index (χ3n) is 4.02. The molecule has 0 saturated heterocycles. The van der Waals surface area contributed by atoms with Crippen molar-refractivity contribution in [2.75, 3.05) is 19.0 Å². The topological polar surface area (TPSA) is 99.9 Å². The van der Waals surface area contributed by atoms with E-state index in [0.717, 1.165) is 12.0 Å². The molecular weight excluding hydrogens is 372 g/mol. The van der Waals surface area contributed by atoms with E-state index >= 15 is 0 Å². The van der Waals surface area contributed by atoms with Gasteiger partial charge in [-0.1, -0.05) is 37.1 Å². The standard InChI is InChI=1S/C22H24N2O5/c1-3-4-7-14-28-20-15-16(10-12-19(20)27-2)11-13-21(25)24-18-9-6-5-8-17(18)22(26)29-23/h5-6,8-13,15,19-20H,3,14,23H2,1-2H3,(H,24,25)/b13-11+. The van der Waals surface area contributed by atoms with Crippen molar-refractivity contribution >= 4 is 17.6 Å². The Labute approximate surface area is 170 Å². The van der Waals surface area contributed by atoms with E-state index < -0.39 is 11.9 Å². The van der Waals surface area contributed by atoms with Crippen molar-refractivity contribution in [3.63, 3.8) is 0 Å². The summed E-state index contributed by atoms with van der Waals surface area (Å²) >= 11 is 0. The number of allylic oxidation sites excluding steroid dienone is 3. The van der Waals surface area contributed by atoms with Crippen molar-refractivity contribution in [2.45, 2.75) is 25.6 Å². The molecule has 3 N–H and O–H groups in total. The van der Waals surface area contributed by atoms with E-state index in [1.807, 2.05) is 25.2 Å². The molecule has 1 amide bonds. The lowest BCUT2D eigenvalue weighted by atomic mass is 10.0. The van der Waals surface area contributed by atoms with Crippen LogP contribution in [0.3, 0.4) is 0 Å². The third-order valence-corrected chi connectivity index (χ3v) is 4.02. The van der Waals surface area contributed by atoms with Crippen molar-refractivity contribution in [1.82, 2.24) is 0 Å². The molecule has 0 heterocycles. The maximum atomic E-state index is 12.3. The van der Waals surface area contributed by atoms with Crippen LogP contribution < -0.4 is 11.2 Å². The SMILES string of the molecule is CCC#CCOC1C=C(/C=C/C(=O)Nc2ccccc2C(=O)ON)C=CC1OC. The first-order valence-electron chi connectivity index (χ1n) is 9.08. The molecule has 2 rings (SSSR count). The Balaban J connectivity index is 2.04. The molecule has 1 aliphatic carbocycles. The molecule has 2 atom stereocenters. The lowest BCUT2D eigenvalue weighted by Crippen LogP contribution is -2.29. The highest BCUT2D eigenvalue weighted by molar-refractivity contribution is 6.05. The number of nitrogens with two attached hydrogens (primary N) is 1. The van der Waals surface area contributed by atoms with Gasteiger partial charge in [0.05, 0.1) is 11.3 Å². The number of amides is 1. The molecule has 1 aliphatic rings. The van der Waals surface area contributed by atoms with Crippen LogP contribution in [0.4, 0.5) is 5.69 Å². The van der Waals surface area contributed by atoms with E-state index in [0.29, 0.717) is 12.3 Å². The van der Waals surface area contributed by atoms with Crippen molar-refractivity contribution in [3.05, 3.63) is 65.8 Å². The summed E-state index contributed by atoms with van der Waals surface area (Å²) in [5, 5.41) is 2.64. The third kappa shape index (κ3) is 6.73. The van der Waals surface area contributed by atoms with Crippen LogP contribution in [0.5, 0.6) is 0 Å². The Kier molecular flexibility index (Phi) is 8.86. The van der Waals surface area contributed by atoms with E-state index in [9.17, 15) is 9.59 Å². The highest BCUT2D eigenvalue weighted by Crippen LogP contribution is 2.18. The minimum atomic E-state index is -0.737. The molecular formula is C22H24N2O5. The molecule has 0 aliphatic heterocycles. The predicted octanol–water partition coefficient (Wildman–Crippen LogP) is 2.52. The first kappa shape index (κ1) is 22.1. The highest BCUT2D eigenvalue weighted by Gasteiger charge is 2.20. The first-order chi connectivity index (χ1) is 14.1. The zero-order valence-corrected chi connectivity index (χ0v) is 16.4. The Morgan fingerprint density at radius 3 is 2.76 bits per heavy atom. The highest BCUT2D eigenvalue weighted by atomic mass is 16.7. The van der Waals surface area contributed by atoms with Crippen LogP contribution in [-0.2, 0) is 19.1 Å². The number of anilines is 1. The number of carbonyl (C=O) groups is 2. The summed E-state index contributed by atoms with van der Waals surface area (Å²) in [6.07, 6.45) is 8.82. The molecule has 0 spiro atoms. The monoisotopic (exact) mass is 396 g/mol. The summed E-state index contributed by atoms with van der Waals surface area (Å²) in [6, 6.07) is 6.43. The van der Waals surface area contributed by atoms with Gasteiger partial charge in [-0.15, -0.1) is 5.92 Å². The predicted molar refractivity (Wildman–Crippen MR) is 110 cm³/mol. The average Bonchev–Trinajstić information content (AvgIpc) is 2.75. The number of benzene rings is 1. The maximum Gasteiger partial charge on any atom is 0.358 e. The second-order valence-electron chi connectivity index (χ2n) is 5.98. The van der Waals surface area contributed by atoms with Crippen LogP contribution in [0.2, 0.25) is 0 Å². The molecule has 0 fully saturated rings. The molecule has 7 nitrogen and oxygen atoms in total. The quantitative estimate of drug-likeness (QED) is 0.417. The molecule has 1 aromatic carbocycles. The summed E-state index contributed by atoms with van der Waals surface area (Å²) in [6.45, 7) is 2.27. The largest absolute Gasteiger partial charge is 0.374 e. The number of hydrogen-bond acceptors (Lipinski definition) is 6. The number of carbonyl (C=O) groups excluding carboxylic acids is 2. The number of ether oxygens (including phenoxy) is 2. The fraction of sp³-hybridized carbons (Fsp3) is 0.273. The summed E-state index contributed by atoms with van der Waals surface area (Å²) in [7, 11) is 1.61. The minimum absolute atomic E-state index is 0.165. The van der Waals surface area contributed by atoms with Crippen LogP contribution in [0, 0.1) is 11.8 Å². The fourth-order valence-corrected chi connectivity index (χ4v) is 2.62. The smallest absolute Gasteiger partial charge is 0.358 e. The molecule has 0 aromatic heterocycles. The van der Waals surface area contributed by atoms with E-state index in [1.165, 1.54) is 12.1 Å². The lowest BCUT2D eigenvalue weighted by Gasteiger charge is -2.23. The second kappa shape index (κ2) is 11.6. The van der Waals surface area contributed by atoms with Crippen LogP contribution in [0.15, 0.2) is 60.2 Å². The van der Waals surface area contributed by atoms with Crippen LogP contribution in [0.1, 0.15) is 23.7 Å². The number of para-hydroxylation sites is 1. The van der Waals surface area contributed by atoms with Crippen LogP contribution in [0.25, 0.3) is 0 Å². The Morgan fingerprint density at radius 1 is 1.24 bits per heavy atom. The van der Waals surface area contributed by atoms with Gasteiger partial charge in [0.1, 0.15) is 18.8 Å². The number of rotatable bonds is 7. The van der Waals surface area contributed by atoms with Crippen molar-refractivity contribution in [3.8, 4) is 11.8 Å². The number of methoxy groups -OCH3 is 1. The molecule has 7 heteroatoms. The van der Waals surface area contributed by atoms with Gasteiger partial charge in [0, 0.05) is 19.6 Å². The van der Waals surface area contributed by atoms with Gasteiger partial charge < -0.3 is 19.6 Å². The molecule has 1 aromatic rings. The maximum absolute atomic E-state index is 12.3. The number of nitrogens with one attached hydrogen (secondary N) is 1. The zero-order chi connectivity index (χ0) is 21.1. The molecule has 0 radical (unpaired) electrons. The number of hydrogen-bond donors (Lipinski definition) is 2. The fourth-order valence-electron chi connectivity index (χ4n) is 2.62. The van der Waals surface area contributed by atoms with Gasteiger partial charge >= 0.3 is 5.97 Å². The van der Waals surface area contributed by atoms with Gasteiger partial charge in [0.2, 0.25) is 5.91 Å². The molecule has 29 heavy (non-hydrogen) atoms. The van der Waals surface area contributed by atoms with Crippen molar-refractivity contribution in [1.29, 1.82) is 0 Å². The van der Waals surface area contributed by atoms with Gasteiger partial charge in [-0.05, 0) is 29.9 Å². The summed E-state index contributed by atoms with van der Waals surface area (Å²) < 4.78 is 11.1. The van der Waals surface area contributed by atoms with Crippen molar-refractivity contribution < 1.29 is 23.9 Å². The Bertz CT molecular complexity index is 877. The van der Waals surface area contributed by atoms with Crippen molar-refractivity contribution in [2.24, 2.45) is 5.90 Å². The summed E-state index contributed by atoms with van der Waals surface area (Å²) in [5.74, 6) is 9.66. The zero-order valence-electron chi connectivity index (χ0n) is 16.4. The second-order valence-corrected chi connectivity index (χ2v) is 5.98.